The molecule has 70 valence electrons. The zero-order valence-corrected chi connectivity index (χ0v) is 7.82. The second-order valence-electron chi connectivity index (χ2n) is 3.81. The van der Waals surface area contributed by atoms with E-state index >= 15 is 0 Å². The predicted molar refractivity (Wildman–Crippen MR) is 53.4 cm³/mol. The Morgan fingerprint density at radius 3 is 2.77 bits per heavy atom. The maximum atomic E-state index is 6.07. The van der Waals surface area contributed by atoms with Gasteiger partial charge in [0.25, 0.3) is 0 Å². The summed E-state index contributed by atoms with van der Waals surface area (Å²) in [4.78, 5) is 4.37. The average Bonchev–Trinajstić information content (AvgIpc) is 2.20. The van der Waals surface area contributed by atoms with Gasteiger partial charge in [0.2, 0.25) is 0 Å². The number of rotatable bonds is 1. The molecule has 0 aromatic carbocycles. The van der Waals surface area contributed by atoms with Crippen LogP contribution in [0.25, 0.3) is 0 Å². The highest BCUT2D eigenvalue weighted by Gasteiger charge is 2.23. The zero-order valence-electron chi connectivity index (χ0n) is 7.82. The van der Waals surface area contributed by atoms with Crippen LogP contribution in [-0.2, 0) is 0 Å². The van der Waals surface area contributed by atoms with Crippen LogP contribution in [0.3, 0.4) is 0 Å². The molecule has 0 amide bonds. The Balaban J connectivity index is 2.15. The van der Waals surface area contributed by atoms with Crippen LogP contribution in [0.2, 0.25) is 0 Å². The van der Waals surface area contributed by atoms with Gasteiger partial charge in [-0.2, -0.15) is 0 Å². The van der Waals surface area contributed by atoms with Crippen molar-refractivity contribution in [2.45, 2.75) is 37.6 Å². The Bertz CT molecular complexity index is 258. The van der Waals surface area contributed by atoms with Gasteiger partial charge in [0.05, 0.1) is 0 Å². The van der Waals surface area contributed by atoms with Gasteiger partial charge in [-0.3, -0.25) is 4.98 Å². The third-order valence-electron chi connectivity index (χ3n) is 2.89. The summed E-state index contributed by atoms with van der Waals surface area (Å²) in [7, 11) is 0. The van der Waals surface area contributed by atoms with Crippen molar-refractivity contribution < 1.29 is 0 Å². The summed E-state index contributed by atoms with van der Waals surface area (Å²) in [6.45, 7) is 0. The van der Waals surface area contributed by atoms with E-state index < -0.39 is 0 Å². The summed E-state index contributed by atoms with van der Waals surface area (Å²) in [6.07, 6.45) is 6.80. The summed E-state index contributed by atoms with van der Waals surface area (Å²) in [6, 6.07) is 6.42. The molecule has 0 unspecified atom stereocenters. The molecule has 1 heterocycles. The molecule has 0 radical (unpaired) electrons. The van der Waals surface area contributed by atoms with Crippen molar-refractivity contribution in [3.63, 3.8) is 0 Å². The van der Waals surface area contributed by atoms with Crippen LogP contribution in [0.5, 0.6) is 0 Å². The summed E-state index contributed by atoms with van der Waals surface area (Å²) in [5.74, 6) is 0.495. The molecule has 0 saturated heterocycles. The highest BCUT2D eigenvalue weighted by atomic mass is 14.7. The summed E-state index contributed by atoms with van der Waals surface area (Å²) >= 11 is 0. The van der Waals surface area contributed by atoms with Gasteiger partial charge >= 0.3 is 0 Å². The lowest BCUT2D eigenvalue weighted by Gasteiger charge is -2.27. The van der Waals surface area contributed by atoms with Crippen molar-refractivity contribution >= 4 is 0 Å². The molecule has 1 aromatic rings. The van der Waals surface area contributed by atoms with Gasteiger partial charge in [0, 0.05) is 23.9 Å². The molecular formula is C11H16N2. The lowest BCUT2D eigenvalue weighted by Crippen LogP contribution is -2.31. The third kappa shape index (κ3) is 1.89. The van der Waals surface area contributed by atoms with E-state index in [0.29, 0.717) is 12.0 Å². The average molecular weight is 176 g/mol. The monoisotopic (exact) mass is 176 g/mol. The SMILES string of the molecule is N[C@H]1CCCC[C@H]1c1ccccn1. The quantitative estimate of drug-likeness (QED) is 0.711. The van der Waals surface area contributed by atoms with Gasteiger partial charge in [-0.15, -0.1) is 0 Å². The number of hydrogen-bond acceptors (Lipinski definition) is 2. The fourth-order valence-electron chi connectivity index (χ4n) is 2.12. The highest BCUT2D eigenvalue weighted by Crippen LogP contribution is 2.30. The molecule has 0 spiro atoms. The number of hydrogen-bond donors (Lipinski definition) is 1. The smallest absolute Gasteiger partial charge is 0.0449 e. The second-order valence-corrected chi connectivity index (χ2v) is 3.81. The first-order valence-electron chi connectivity index (χ1n) is 5.04. The van der Waals surface area contributed by atoms with E-state index in [1.54, 1.807) is 0 Å². The molecule has 1 aromatic heterocycles. The first kappa shape index (κ1) is 8.70. The Labute approximate surface area is 79.2 Å². The Morgan fingerprint density at radius 2 is 2.08 bits per heavy atom. The number of nitrogens with zero attached hydrogens (tertiary/aromatic N) is 1. The van der Waals surface area contributed by atoms with Gasteiger partial charge < -0.3 is 5.73 Å². The van der Waals surface area contributed by atoms with E-state index in [-0.39, 0.29) is 0 Å². The molecule has 2 heteroatoms. The maximum Gasteiger partial charge on any atom is 0.0449 e. The maximum absolute atomic E-state index is 6.07. The van der Waals surface area contributed by atoms with Gasteiger partial charge in [-0.25, -0.2) is 0 Å². The van der Waals surface area contributed by atoms with E-state index in [1.165, 1.54) is 25.0 Å². The third-order valence-corrected chi connectivity index (χ3v) is 2.89. The molecule has 0 bridgehead atoms. The number of pyridine rings is 1. The summed E-state index contributed by atoms with van der Waals surface area (Å²) < 4.78 is 0. The van der Waals surface area contributed by atoms with E-state index in [9.17, 15) is 0 Å². The molecule has 2 nitrogen and oxygen atoms in total. The van der Waals surface area contributed by atoms with Crippen LogP contribution in [0, 0.1) is 0 Å². The van der Waals surface area contributed by atoms with Crippen LogP contribution < -0.4 is 5.73 Å². The fourth-order valence-corrected chi connectivity index (χ4v) is 2.12. The molecule has 0 aliphatic heterocycles. The van der Waals surface area contributed by atoms with Crippen molar-refractivity contribution in [3.05, 3.63) is 30.1 Å². The molecule has 2 N–H and O–H groups in total. The van der Waals surface area contributed by atoms with Crippen molar-refractivity contribution in [3.8, 4) is 0 Å². The van der Waals surface area contributed by atoms with E-state index in [2.05, 4.69) is 11.1 Å². The minimum Gasteiger partial charge on any atom is -0.327 e. The molecule has 1 fully saturated rings. The molecule has 2 rings (SSSR count). The van der Waals surface area contributed by atoms with Gasteiger partial charge in [0.15, 0.2) is 0 Å². The number of aromatic nitrogens is 1. The Kier molecular flexibility index (Phi) is 2.60. The zero-order chi connectivity index (χ0) is 9.10. The van der Waals surface area contributed by atoms with Crippen LogP contribution in [0.15, 0.2) is 24.4 Å². The predicted octanol–water partition coefficient (Wildman–Crippen LogP) is 2.07. The minimum absolute atomic E-state index is 0.323. The standard InChI is InChI=1S/C11H16N2/c12-10-6-2-1-5-9(10)11-7-3-4-8-13-11/h3-4,7-10H,1-2,5-6,12H2/t9-,10+/m1/s1. The Morgan fingerprint density at radius 1 is 1.23 bits per heavy atom. The van der Waals surface area contributed by atoms with Crippen LogP contribution >= 0.6 is 0 Å². The van der Waals surface area contributed by atoms with E-state index in [4.69, 9.17) is 5.73 Å². The van der Waals surface area contributed by atoms with Crippen molar-refractivity contribution in [2.75, 3.05) is 0 Å². The van der Waals surface area contributed by atoms with Gasteiger partial charge in [-0.1, -0.05) is 18.9 Å². The van der Waals surface area contributed by atoms with Crippen LogP contribution in [0.4, 0.5) is 0 Å². The lowest BCUT2D eigenvalue weighted by atomic mass is 9.83. The largest absolute Gasteiger partial charge is 0.327 e. The first-order chi connectivity index (χ1) is 6.38. The fraction of sp³-hybridized carbons (Fsp3) is 0.545. The molecule has 13 heavy (non-hydrogen) atoms. The van der Waals surface area contributed by atoms with E-state index in [0.717, 1.165) is 6.42 Å². The second kappa shape index (κ2) is 3.88. The van der Waals surface area contributed by atoms with E-state index in [1.807, 2.05) is 18.3 Å². The van der Waals surface area contributed by atoms with Gasteiger partial charge in [0.1, 0.15) is 0 Å². The van der Waals surface area contributed by atoms with Crippen LogP contribution in [0.1, 0.15) is 37.3 Å². The summed E-state index contributed by atoms with van der Waals surface area (Å²) in [5.41, 5.74) is 7.25. The number of nitrogens with two attached hydrogens (primary N) is 1. The molecule has 1 aliphatic carbocycles. The summed E-state index contributed by atoms with van der Waals surface area (Å²) in [5, 5.41) is 0. The first-order valence-corrected chi connectivity index (χ1v) is 5.04. The normalized spacial score (nSPS) is 28.7. The van der Waals surface area contributed by atoms with Crippen molar-refractivity contribution in [1.82, 2.24) is 4.98 Å². The van der Waals surface area contributed by atoms with Crippen LogP contribution in [-0.4, -0.2) is 11.0 Å². The molecule has 1 saturated carbocycles. The highest BCUT2D eigenvalue weighted by molar-refractivity contribution is 5.12. The van der Waals surface area contributed by atoms with Gasteiger partial charge in [-0.05, 0) is 25.0 Å². The molecule has 1 aliphatic rings. The Hall–Kier alpha value is -0.890. The topological polar surface area (TPSA) is 38.9 Å². The minimum atomic E-state index is 0.323. The molecular weight excluding hydrogens is 160 g/mol. The van der Waals surface area contributed by atoms with Crippen molar-refractivity contribution in [1.29, 1.82) is 0 Å². The lowest BCUT2D eigenvalue weighted by molar-refractivity contribution is 0.380. The molecule has 2 atom stereocenters. The van der Waals surface area contributed by atoms with Crippen molar-refractivity contribution in [2.24, 2.45) is 5.73 Å².